The van der Waals surface area contributed by atoms with Gasteiger partial charge in [0.2, 0.25) is 0 Å². The smallest absolute Gasteiger partial charge is 0.160 e. The second kappa shape index (κ2) is 5.29. The van der Waals surface area contributed by atoms with Crippen molar-refractivity contribution < 1.29 is 5.11 Å². The van der Waals surface area contributed by atoms with E-state index in [-0.39, 0.29) is 16.3 Å². The van der Waals surface area contributed by atoms with Crippen LogP contribution >= 0.6 is 35.4 Å². The predicted molar refractivity (Wildman–Crippen MR) is 85.0 cm³/mol. The minimum atomic E-state index is -0.127. The summed E-state index contributed by atoms with van der Waals surface area (Å²) in [5.74, 6) is 0.653. The molecule has 0 radical (unpaired) electrons. The van der Waals surface area contributed by atoms with Gasteiger partial charge in [-0.15, -0.1) is 0 Å². The minimum absolute atomic E-state index is 0.127. The standard InChI is InChI=1S/C13H10Cl2N4OS/c1-2-19-9(3-4-17-19)18-6-16-11-10(13(18)21)7(14)5-8(15)12(11)20/h3-6,20H,2H2,1H3. The monoisotopic (exact) mass is 340 g/mol. The van der Waals surface area contributed by atoms with Gasteiger partial charge in [-0.25, -0.2) is 9.67 Å². The molecule has 0 saturated carbocycles. The lowest BCUT2D eigenvalue weighted by atomic mass is 10.2. The van der Waals surface area contributed by atoms with E-state index in [2.05, 4.69) is 10.1 Å². The molecule has 21 heavy (non-hydrogen) atoms. The van der Waals surface area contributed by atoms with Crippen LogP contribution in [0.1, 0.15) is 6.92 Å². The van der Waals surface area contributed by atoms with Crippen LogP contribution in [-0.4, -0.2) is 24.4 Å². The fourth-order valence-corrected chi connectivity index (χ4v) is 3.10. The predicted octanol–water partition coefficient (Wildman–Crippen LogP) is 3.98. The number of nitrogens with zero attached hydrogens (tertiary/aromatic N) is 4. The second-order valence-corrected chi connectivity index (χ2v) is 5.54. The molecule has 0 aliphatic carbocycles. The van der Waals surface area contributed by atoms with E-state index in [0.717, 1.165) is 5.82 Å². The van der Waals surface area contributed by atoms with Crippen molar-refractivity contribution in [3.63, 3.8) is 0 Å². The van der Waals surface area contributed by atoms with Crippen LogP contribution < -0.4 is 0 Å². The maximum Gasteiger partial charge on any atom is 0.160 e. The first-order valence-electron chi connectivity index (χ1n) is 6.15. The molecule has 0 unspecified atom stereocenters. The molecule has 3 rings (SSSR count). The van der Waals surface area contributed by atoms with Crippen LogP contribution in [0, 0.1) is 4.64 Å². The lowest BCUT2D eigenvalue weighted by Gasteiger charge is -2.11. The van der Waals surface area contributed by atoms with Crippen molar-refractivity contribution in [2.45, 2.75) is 13.5 Å². The first-order chi connectivity index (χ1) is 10.0. The van der Waals surface area contributed by atoms with Gasteiger partial charge in [0.15, 0.2) is 5.75 Å². The van der Waals surface area contributed by atoms with Gasteiger partial charge in [-0.2, -0.15) is 5.10 Å². The minimum Gasteiger partial charge on any atom is -0.504 e. The highest BCUT2D eigenvalue weighted by Crippen LogP contribution is 2.36. The molecule has 2 heterocycles. The summed E-state index contributed by atoms with van der Waals surface area (Å²) in [6.07, 6.45) is 3.21. The Morgan fingerprint density at radius 1 is 1.33 bits per heavy atom. The first-order valence-corrected chi connectivity index (χ1v) is 7.31. The van der Waals surface area contributed by atoms with Crippen molar-refractivity contribution >= 4 is 46.3 Å². The average Bonchev–Trinajstić information content (AvgIpc) is 2.92. The van der Waals surface area contributed by atoms with Crippen LogP contribution in [0.15, 0.2) is 24.7 Å². The molecule has 0 atom stereocenters. The van der Waals surface area contributed by atoms with Crippen molar-refractivity contribution in [3.8, 4) is 11.6 Å². The fraction of sp³-hybridized carbons (Fsp3) is 0.154. The number of benzene rings is 1. The van der Waals surface area contributed by atoms with Gasteiger partial charge in [0.05, 0.1) is 21.6 Å². The maximum absolute atomic E-state index is 10.0. The van der Waals surface area contributed by atoms with Crippen LogP contribution in [0.25, 0.3) is 16.7 Å². The van der Waals surface area contributed by atoms with Crippen LogP contribution in [0.5, 0.6) is 5.75 Å². The van der Waals surface area contributed by atoms with E-state index >= 15 is 0 Å². The number of halogens is 2. The molecule has 0 bridgehead atoms. The number of hydrogen-bond acceptors (Lipinski definition) is 4. The average molecular weight is 341 g/mol. The number of hydrogen-bond donors (Lipinski definition) is 1. The molecular formula is C13H10Cl2N4OS. The summed E-state index contributed by atoms with van der Waals surface area (Å²) < 4.78 is 3.92. The Morgan fingerprint density at radius 3 is 2.81 bits per heavy atom. The molecule has 8 heteroatoms. The summed E-state index contributed by atoms with van der Waals surface area (Å²) in [5, 5.41) is 15.2. The van der Waals surface area contributed by atoms with Gasteiger partial charge >= 0.3 is 0 Å². The topological polar surface area (TPSA) is 55.9 Å². The van der Waals surface area contributed by atoms with E-state index in [9.17, 15) is 5.11 Å². The summed E-state index contributed by atoms with van der Waals surface area (Å²) in [4.78, 5) is 4.23. The van der Waals surface area contributed by atoms with Crippen molar-refractivity contribution in [3.05, 3.63) is 39.3 Å². The summed E-state index contributed by atoms with van der Waals surface area (Å²) >= 11 is 17.6. The van der Waals surface area contributed by atoms with E-state index in [1.807, 2.05) is 13.0 Å². The Labute approximate surface area is 135 Å². The largest absolute Gasteiger partial charge is 0.504 e. The zero-order valence-electron chi connectivity index (χ0n) is 10.9. The highest BCUT2D eigenvalue weighted by molar-refractivity contribution is 7.71. The molecule has 1 N–H and O–H groups in total. The van der Waals surface area contributed by atoms with Crippen molar-refractivity contribution in [1.29, 1.82) is 0 Å². The van der Waals surface area contributed by atoms with Gasteiger partial charge < -0.3 is 5.11 Å². The fourth-order valence-electron chi connectivity index (χ4n) is 2.15. The number of phenols is 1. The van der Waals surface area contributed by atoms with Gasteiger partial charge in [0, 0.05) is 12.6 Å². The Morgan fingerprint density at radius 2 is 2.10 bits per heavy atom. The van der Waals surface area contributed by atoms with Gasteiger partial charge in [0.25, 0.3) is 0 Å². The van der Waals surface area contributed by atoms with Crippen LogP contribution in [0.2, 0.25) is 10.0 Å². The third-order valence-corrected chi connectivity index (χ3v) is 4.14. The van der Waals surface area contributed by atoms with Gasteiger partial charge in [-0.05, 0) is 13.0 Å². The molecular weight excluding hydrogens is 331 g/mol. The number of rotatable bonds is 2. The quantitative estimate of drug-likeness (QED) is 0.716. The molecule has 0 fully saturated rings. The molecule has 0 amide bonds. The van der Waals surface area contributed by atoms with Crippen LogP contribution in [0.3, 0.4) is 0 Å². The van der Waals surface area contributed by atoms with E-state index in [4.69, 9.17) is 35.4 Å². The van der Waals surface area contributed by atoms with Gasteiger partial charge in [-0.1, -0.05) is 35.4 Å². The molecule has 5 nitrogen and oxygen atoms in total. The van der Waals surface area contributed by atoms with Crippen molar-refractivity contribution in [2.75, 3.05) is 0 Å². The Bertz CT molecular complexity index is 903. The second-order valence-electron chi connectivity index (χ2n) is 4.34. The molecule has 0 aliphatic rings. The summed E-state index contributed by atoms with van der Waals surface area (Å²) in [6, 6.07) is 3.29. The van der Waals surface area contributed by atoms with Gasteiger partial charge in [0.1, 0.15) is 22.3 Å². The Kier molecular flexibility index (Phi) is 3.61. The number of phenolic OH excluding ortho intramolecular Hbond substituents is 1. The highest BCUT2D eigenvalue weighted by atomic mass is 35.5. The van der Waals surface area contributed by atoms with E-state index < -0.39 is 0 Å². The maximum atomic E-state index is 10.0. The number of fused-ring (bicyclic) bond motifs is 1. The lowest BCUT2D eigenvalue weighted by Crippen LogP contribution is -2.08. The number of aromatic nitrogens is 4. The molecule has 3 aromatic rings. The third-order valence-electron chi connectivity index (χ3n) is 3.16. The summed E-state index contributed by atoms with van der Waals surface area (Å²) in [6.45, 7) is 2.68. The normalized spacial score (nSPS) is 11.2. The molecule has 0 spiro atoms. The SMILES string of the molecule is CCn1nccc1-n1cnc2c(O)c(Cl)cc(Cl)c2c1=S. The molecule has 0 saturated heterocycles. The summed E-state index contributed by atoms with van der Waals surface area (Å²) in [7, 11) is 0. The zero-order valence-corrected chi connectivity index (χ0v) is 13.2. The zero-order chi connectivity index (χ0) is 15.1. The van der Waals surface area contributed by atoms with Crippen molar-refractivity contribution in [2.24, 2.45) is 0 Å². The Hall–Kier alpha value is -1.63. The third kappa shape index (κ3) is 2.19. The van der Waals surface area contributed by atoms with Crippen LogP contribution in [0.4, 0.5) is 0 Å². The van der Waals surface area contributed by atoms with E-state index in [1.54, 1.807) is 15.4 Å². The van der Waals surface area contributed by atoms with Crippen LogP contribution in [-0.2, 0) is 6.54 Å². The summed E-state index contributed by atoms with van der Waals surface area (Å²) in [5.41, 5.74) is 0.288. The first kappa shape index (κ1) is 14.3. The number of aromatic hydroxyl groups is 1. The molecule has 108 valence electrons. The lowest BCUT2D eigenvalue weighted by molar-refractivity contribution is 0.480. The van der Waals surface area contributed by atoms with Gasteiger partial charge in [-0.3, -0.25) is 4.57 Å². The molecule has 1 aromatic carbocycles. The van der Waals surface area contributed by atoms with Crippen molar-refractivity contribution in [1.82, 2.24) is 19.3 Å². The molecule has 2 aromatic heterocycles. The molecule has 0 aliphatic heterocycles. The van der Waals surface area contributed by atoms with E-state index in [0.29, 0.717) is 21.6 Å². The highest BCUT2D eigenvalue weighted by Gasteiger charge is 2.15. The van der Waals surface area contributed by atoms with E-state index in [1.165, 1.54) is 12.4 Å². The number of aryl methyl sites for hydroxylation is 1. The Balaban J connectivity index is 2.39.